The maximum Gasteiger partial charge on any atom is 0.324 e. The molecule has 0 aliphatic carbocycles. The number of carbonyl (C=O) groups excluding carboxylic acids is 1. The van der Waals surface area contributed by atoms with Gasteiger partial charge in [0.15, 0.2) is 5.75 Å². The van der Waals surface area contributed by atoms with Crippen molar-refractivity contribution in [2.24, 2.45) is 5.14 Å². The van der Waals surface area contributed by atoms with E-state index < -0.39 is 32.5 Å². The minimum absolute atomic E-state index is 0.131. The molecule has 0 aliphatic rings. The van der Waals surface area contributed by atoms with Crippen LogP contribution < -0.4 is 14.4 Å². The molecule has 0 spiro atoms. The molecular formula is C23H36N2O5SSi2. The number of ether oxygens (including phenoxy) is 1. The van der Waals surface area contributed by atoms with Crippen LogP contribution in [-0.2, 0) is 14.4 Å². The zero-order chi connectivity index (χ0) is 25.0. The Hall–Kier alpha value is -2.15. The van der Waals surface area contributed by atoms with Gasteiger partial charge < -0.3 is 13.7 Å². The fraction of sp³-hybridized carbons (Fsp3) is 0.435. The zero-order valence-corrected chi connectivity index (χ0v) is 23.5. The van der Waals surface area contributed by atoms with Crippen molar-refractivity contribution in [2.45, 2.75) is 63.9 Å². The molecule has 0 radical (unpaired) electrons. The van der Waals surface area contributed by atoms with Gasteiger partial charge in [-0.3, -0.25) is 0 Å². The summed E-state index contributed by atoms with van der Waals surface area (Å²) in [5, 5.41) is 5.63. The third-order valence-corrected chi connectivity index (χ3v) is 8.57. The molecule has 0 unspecified atom stereocenters. The molecule has 7 nitrogen and oxygen atoms in total. The van der Waals surface area contributed by atoms with Crippen LogP contribution in [-0.4, -0.2) is 37.5 Å². The van der Waals surface area contributed by atoms with E-state index in [1.165, 1.54) is 6.07 Å². The monoisotopic (exact) mass is 508 g/mol. The van der Waals surface area contributed by atoms with E-state index in [1.54, 1.807) is 30.3 Å². The molecule has 2 rings (SSSR count). The number of anilines is 1. The highest BCUT2D eigenvalue weighted by Crippen LogP contribution is 2.41. The summed E-state index contributed by atoms with van der Waals surface area (Å²) in [6, 6.07) is 11.9. The molecule has 0 aromatic heterocycles. The van der Waals surface area contributed by atoms with Crippen LogP contribution in [0.5, 0.6) is 11.5 Å². The second-order valence-corrected chi connectivity index (χ2v) is 20.8. The average molecular weight is 509 g/mol. The Morgan fingerprint density at radius 2 is 1.64 bits per heavy atom. The number of sulfonamides is 1. The Labute approximate surface area is 200 Å². The molecule has 0 saturated carbocycles. The predicted molar refractivity (Wildman–Crippen MR) is 139 cm³/mol. The summed E-state index contributed by atoms with van der Waals surface area (Å²) in [5.74, 6) is 0.0523. The number of primary sulfonamides is 1. The van der Waals surface area contributed by atoms with Crippen molar-refractivity contribution in [3.63, 3.8) is 0 Å². The third kappa shape index (κ3) is 7.70. The van der Waals surface area contributed by atoms with E-state index in [1.807, 2.05) is 25.7 Å². The lowest BCUT2D eigenvalue weighted by Gasteiger charge is -2.38. The fourth-order valence-corrected chi connectivity index (χ4v) is 6.38. The van der Waals surface area contributed by atoms with Gasteiger partial charge >= 0.3 is 5.97 Å². The number of hydrogen-bond acceptors (Lipinski definition) is 6. The summed E-state index contributed by atoms with van der Waals surface area (Å²) < 4.78 is 39.4. The first kappa shape index (κ1) is 27.1. The predicted octanol–water partition coefficient (Wildman–Crippen LogP) is 5.56. The van der Waals surface area contributed by atoms with Crippen LogP contribution in [0.15, 0.2) is 47.4 Å². The van der Waals surface area contributed by atoms with Crippen molar-refractivity contribution in [3.05, 3.63) is 48.0 Å². The summed E-state index contributed by atoms with van der Waals surface area (Å²) in [4.78, 5) is 12.7. The first-order valence-electron chi connectivity index (χ1n) is 11.1. The SMILES string of the molecule is CCCCN(c1cc(C(=O)O[Si](C)(C)C)cc(S(N)(=O)=O)c1Oc1ccccc1)[Si](C)(C)C. The van der Waals surface area contributed by atoms with Crippen LogP contribution in [0.2, 0.25) is 39.3 Å². The van der Waals surface area contributed by atoms with Crippen molar-refractivity contribution in [1.29, 1.82) is 0 Å². The summed E-state index contributed by atoms with van der Waals surface area (Å²) in [5.41, 5.74) is 0.692. The molecule has 0 saturated heterocycles. The van der Waals surface area contributed by atoms with Gasteiger partial charge in [-0.2, -0.15) is 0 Å². The normalized spacial score (nSPS) is 12.4. The lowest BCUT2D eigenvalue weighted by molar-refractivity contribution is 0.0724. The van der Waals surface area contributed by atoms with E-state index in [4.69, 9.17) is 14.3 Å². The number of nitrogens with two attached hydrogens (primary N) is 1. The van der Waals surface area contributed by atoms with Crippen LogP contribution in [0.1, 0.15) is 30.1 Å². The highest BCUT2D eigenvalue weighted by atomic mass is 32.2. The van der Waals surface area contributed by atoms with Crippen molar-refractivity contribution < 1.29 is 22.4 Å². The molecule has 2 aromatic rings. The Kier molecular flexibility index (Phi) is 8.55. The number of carbonyl (C=O) groups is 1. The molecule has 0 heterocycles. The quantitative estimate of drug-likeness (QED) is 0.422. The van der Waals surface area contributed by atoms with Crippen LogP contribution in [0.25, 0.3) is 0 Å². The molecule has 0 fully saturated rings. The Morgan fingerprint density at radius 1 is 1.03 bits per heavy atom. The van der Waals surface area contributed by atoms with Gasteiger partial charge in [0.2, 0.25) is 18.3 Å². The van der Waals surface area contributed by atoms with E-state index in [-0.39, 0.29) is 16.2 Å². The topological polar surface area (TPSA) is 98.9 Å². The second kappa shape index (κ2) is 10.4. The lowest BCUT2D eigenvalue weighted by atomic mass is 10.1. The van der Waals surface area contributed by atoms with Gasteiger partial charge in [-0.1, -0.05) is 51.2 Å². The van der Waals surface area contributed by atoms with Gasteiger partial charge in [-0.25, -0.2) is 18.4 Å². The Morgan fingerprint density at radius 3 is 2.12 bits per heavy atom. The maximum atomic E-state index is 13.0. The minimum atomic E-state index is -4.21. The molecular weight excluding hydrogens is 473 g/mol. The summed E-state index contributed by atoms with van der Waals surface area (Å²) in [6.45, 7) is 15.0. The summed E-state index contributed by atoms with van der Waals surface area (Å²) >= 11 is 0. The van der Waals surface area contributed by atoms with Crippen molar-refractivity contribution in [2.75, 3.05) is 11.1 Å². The van der Waals surface area contributed by atoms with Crippen LogP contribution in [0, 0.1) is 0 Å². The molecule has 0 atom stereocenters. The van der Waals surface area contributed by atoms with E-state index in [2.05, 4.69) is 31.1 Å². The van der Waals surface area contributed by atoms with Gasteiger partial charge in [-0.05, 0) is 50.3 Å². The highest BCUT2D eigenvalue weighted by molar-refractivity contribution is 7.89. The first-order valence-corrected chi connectivity index (χ1v) is 19.5. The lowest BCUT2D eigenvalue weighted by Crippen LogP contribution is -2.47. The van der Waals surface area contributed by atoms with Gasteiger partial charge in [-0.15, -0.1) is 0 Å². The molecule has 0 amide bonds. The highest BCUT2D eigenvalue weighted by Gasteiger charge is 2.32. The molecule has 0 bridgehead atoms. The van der Waals surface area contributed by atoms with Crippen LogP contribution in [0.4, 0.5) is 5.69 Å². The average Bonchev–Trinajstić information content (AvgIpc) is 2.66. The van der Waals surface area contributed by atoms with E-state index >= 15 is 0 Å². The number of benzene rings is 2. The Balaban J connectivity index is 2.84. The number of unbranched alkanes of at least 4 members (excludes halogenated alkanes) is 1. The van der Waals surface area contributed by atoms with E-state index in [9.17, 15) is 13.2 Å². The maximum absolute atomic E-state index is 13.0. The van der Waals surface area contributed by atoms with E-state index in [0.717, 1.165) is 12.8 Å². The number of rotatable bonds is 10. The smallest absolute Gasteiger partial charge is 0.324 e. The molecule has 33 heavy (non-hydrogen) atoms. The largest absolute Gasteiger partial charge is 0.516 e. The van der Waals surface area contributed by atoms with Crippen molar-refractivity contribution in [1.82, 2.24) is 0 Å². The van der Waals surface area contributed by atoms with Crippen molar-refractivity contribution >= 4 is 38.2 Å². The van der Waals surface area contributed by atoms with Gasteiger partial charge in [0.05, 0.1) is 11.3 Å². The zero-order valence-electron chi connectivity index (χ0n) is 20.6. The number of hydrogen-bond donors (Lipinski definition) is 1. The number of nitrogens with zero attached hydrogens (tertiary/aromatic N) is 1. The second-order valence-electron chi connectivity index (χ2n) is 9.96. The van der Waals surface area contributed by atoms with E-state index in [0.29, 0.717) is 18.0 Å². The van der Waals surface area contributed by atoms with Crippen molar-refractivity contribution in [3.8, 4) is 11.5 Å². The fourth-order valence-electron chi connectivity index (χ4n) is 3.30. The number of para-hydroxylation sites is 1. The van der Waals surface area contributed by atoms with Crippen LogP contribution in [0.3, 0.4) is 0 Å². The summed E-state index contributed by atoms with van der Waals surface area (Å²) in [7, 11) is -8.44. The molecule has 10 heteroatoms. The molecule has 0 aliphatic heterocycles. The summed E-state index contributed by atoms with van der Waals surface area (Å²) in [6.07, 6.45) is 1.87. The van der Waals surface area contributed by atoms with Gasteiger partial charge in [0, 0.05) is 6.54 Å². The standard InChI is InChI=1S/C23H36N2O5SSi2/c1-8-9-15-25(32(2,3)4)20-16-18(23(26)30-33(5,6)7)17-21(31(24,27)28)22(20)29-19-13-11-10-12-14-19/h10-14,16-17H,8-9,15H2,1-7H3,(H2,24,27,28). The third-order valence-electron chi connectivity index (χ3n) is 4.78. The van der Waals surface area contributed by atoms with Crippen LogP contribution >= 0.6 is 0 Å². The minimum Gasteiger partial charge on any atom is -0.516 e. The van der Waals surface area contributed by atoms with Gasteiger partial charge in [0.25, 0.3) is 0 Å². The Bertz CT molecular complexity index is 1080. The molecule has 182 valence electrons. The molecule has 2 aromatic carbocycles. The van der Waals surface area contributed by atoms with Gasteiger partial charge in [0.1, 0.15) is 18.9 Å². The first-order chi connectivity index (χ1) is 15.1. The molecule has 2 N–H and O–H groups in total.